The molecule has 0 saturated carbocycles. The van der Waals surface area contributed by atoms with Crippen molar-refractivity contribution in [2.75, 3.05) is 39.4 Å². The van der Waals surface area contributed by atoms with Crippen molar-refractivity contribution in [3.8, 4) is 5.75 Å². The van der Waals surface area contributed by atoms with Crippen molar-refractivity contribution in [1.82, 2.24) is 15.1 Å². The van der Waals surface area contributed by atoms with Crippen LogP contribution in [0, 0.1) is 0 Å². The van der Waals surface area contributed by atoms with Gasteiger partial charge in [0.1, 0.15) is 30.6 Å². The number of rotatable bonds is 10. The van der Waals surface area contributed by atoms with Crippen LogP contribution in [0.25, 0.3) is 0 Å². The van der Waals surface area contributed by atoms with E-state index in [4.69, 9.17) is 19.3 Å². The van der Waals surface area contributed by atoms with E-state index in [2.05, 4.69) is 5.32 Å². The van der Waals surface area contributed by atoms with Crippen LogP contribution >= 0.6 is 0 Å². The molecule has 1 aromatic carbocycles. The molecule has 0 bridgehead atoms. The molecule has 222 valence electrons. The Kier molecular flexibility index (Phi) is 11.1. The van der Waals surface area contributed by atoms with Gasteiger partial charge in [0.25, 0.3) is 0 Å². The second kappa shape index (κ2) is 14.3. The fourth-order valence-electron chi connectivity index (χ4n) is 4.73. The highest BCUT2D eigenvalue weighted by atomic mass is 16.6. The molecule has 40 heavy (non-hydrogen) atoms. The maximum atomic E-state index is 13.5. The summed E-state index contributed by atoms with van der Waals surface area (Å²) in [7, 11) is 0. The Morgan fingerprint density at radius 3 is 1.95 bits per heavy atom. The molecule has 1 unspecified atom stereocenters. The second-order valence-corrected chi connectivity index (χ2v) is 11.2. The minimum absolute atomic E-state index is 0.103. The highest BCUT2D eigenvalue weighted by Gasteiger charge is 2.31. The van der Waals surface area contributed by atoms with Gasteiger partial charge >= 0.3 is 12.1 Å². The molecule has 3 N–H and O–H groups in total. The van der Waals surface area contributed by atoms with Gasteiger partial charge in [0.15, 0.2) is 0 Å². The number of phenols is 1. The second-order valence-electron chi connectivity index (χ2n) is 11.2. The molecule has 0 aliphatic carbocycles. The van der Waals surface area contributed by atoms with Gasteiger partial charge in [-0.2, -0.15) is 0 Å². The SMILES string of the molecule is CC(C)(C)OC(=O)COC1CCN(C(=O)C(Cc2ccc(O)cc2)NC(=O)COC2CCN(C(=O)O)CC2)CC1. The third-order valence-corrected chi connectivity index (χ3v) is 6.78. The van der Waals surface area contributed by atoms with E-state index >= 15 is 0 Å². The van der Waals surface area contributed by atoms with Gasteiger partial charge < -0.3 is 39.5 Å². The summed E-state index contributed by atoms with van der Waals surface area (Å²) in [6, 6.07) is 5.61. The van der Waals surface area contributed by atoms with Crippen LogP contribution in [-0.4, -0.2) is 107 Å². The van der Waals surface area contributed by atoms with Crippen LogP contribution in [0.3, 0.4) is 0 Å². The van der Waals surface area contributed by atoms with Gasteiger partial charge in [0.2, 0.25) is 11.8 Å². The summed E-state index contributed by atoms with van der Waals surface area (Å²) < 4.78 is 16.7. The van der Waals surface area contributed by atoms with Gasteiger partial charge in [-0.1, -0.05) is 12.1 Å². The van der Waals surface area contributed by atoms with E-state index in [0.29, 0.717) is 51.9 Å². The topological polar surface area (TPSA) is 155 Å². The summed E-state index contributed by atoms with van der Waals surface area (Å²) in [6.45, 7) is 6.51. The van der Waals surface area contributed by atoms with Crippen molar-refractivity contribution >= 4 is 23.9 Å². The first-order valence-electron chi connectivity index (χ1n) is 13.7. The van der Waals surface area contributed by atoms with E-state index in [1.165, 1.54) is 17.0 Å². The molecule has 2 saturated heterocycles. The minimum Gasteiger partial charge on any atom is -0.508 e. The lowest BCUT2D eigenvalue weighted by Gasteiger charge is -2.34. The van der Waals surface area contributed by atoms with E-state index < -0.39 is 29.6 Å². The van der Waals surface area contributed by atoms with E-state index in [1.54, 1.807) is 37.8 Å². The number of carbonyl (C=O) groups is 4. The number of nitrogens with one attached hydrogen (secondary N) is 1. The minimum atomic E-state index is -0.967. The lowest BCUT2D eigenvalue weighted by molar-refractivity contribution is -0.163. The lowest BCUT2D eigenvalue weighted by Crippen LogP contribution is -2.53. The number of amides is 3. The summed E-state index contributed by atoms with van der Waals surface area (Å²) in [4.78, 5) is 52.3. The van der Waals surface area contributed by atoms with Crippen LogP contribution < -0.4 is 5.32 Å². The van der Waals surface area contributed by atoms with Gasteiger partial charge in [0, 0.05) is 32.6 Å². The third kappa shape index (κ3) is 10.3. The Balaban J connectivity index is 1.52. The van der Waals surface area contributed by atoms with Crippen molar-refractivity contribution in [3.05, 3.63) is 29.8 Å². The number of hydrogen-bond donors (Lipinski definition) is 3. The van der Waals surface area contributed by atoms with Crippen molar-refractivity contribution < 1.29 is 43.6 Å². The molecule has 2 heterocycles. The Bertz CT molecular complexity index is 1010. The monoisotopic (exact) mass is 563 g/mol. The molecule has 12 nitrogen and oxygen atoms in total. The fourth-order valence-corrected chi connectivity index (χ4v) is 4.73. The highest BCUT2D eigenvalue weighted by Crippen LogP contribution is 2.18. The predicted octanol–water partition coefficient (Wildman–Crippen LogP) is 1.93. The normalized spacial score (nSPS) is 17.8. The number of ether oxygens (including phenoxy) is 3. The Morgan fingerprint density at radius 2 is 1.43 bits per heavy atom. The van der Waals surface area contributed by atoms with E-state index in [1.807, 2.05) is 0 Å². The van der Waals surface area contributed by atoms with E-state index in [9.17, 15) is 24.3 Å². The zero-order valence-electron chi connectivity index (χ0n) is 23.5. The average Bonchev–Trinajstić information content (AvgIpc) is 2.91. The average molecular weight is 564 g/mol. The van der Waals surface area contributed by atoms with Crippen molar-refractivity contribution in [1.29, 1.82) is 0 Å². The van der Waals surface area contributed by atoms with Crippen LogP contribution in [-0.2, 0) is 35.0 Å². The summed E-state index contributed by atoms with van der Waals surface area (Å²) in [5, 5.41) is 21.5. The molecule has 0 spiro atoms. The number of benzene rings is 1. The molecule has 2 aliphatic rings. The number of aromatic hydroxyl groups is 1. The molecule has 2 fully saturated rings. The molecular formula is C28H41N3O9. The molecule has 3 amide bonds. The number of esters is 1. The van der Waals surface area contributed by atoms with Gasteiger partial charge in [-0.3, -0.25) is 9.59 Å². The Hall–Kier alpha value is -3.38. The van der Waals surface area contributed by atoms with Crippen LogP contribution in [0.5, 0.6) is 5.75 Å². The van der Waals surface area contributed by atoms with Crippen LogP contribution in [0.1, 0.15) is 52.0 Å². The zero-order valence-corrected chi connectivity index (χ0v) is 23.5. The smallest absolute Gasteiger partial charge is 0.407 e. The van der Waals surface area contributed by atoms with Crippen LogP contribution in [0.2, 0.25) is 0 Å². The summed E-state index contributed by atoms with van der Waals surface area (Å²) in [5.41, 5.74) is 0.185. The van der Waals surface area contributed by atoms with Crippen molar-refractivity contribution in [2.24, 2.45) is 0 Å². The number of carboxylic acid groups (broad SMARTS) is 1. The number of carbonyl (C=O) groups excluding carboxylic acids is 3. The van der Waals surface area contributed by atoms with Gasteiger partial charge in [0.05, 0.1) is 12.2 Å². The summed E-state index contributed by atoms with van der Waals surface area (Å²) in [5.74, 6) is -1.00. The molecular weight excluding hydrogens is 522 g/mol. The number of piperidine rings is 2. The van der Waals surface area contributed by atoms with Crippen molar-refractivity contribution in [3.63, 3.8) is 0 Å². The van der Waals surface area contributed by atoms with Gasteiger partial charge in [-0.15, -0.1) is 0 Å². The maximum absolute atomic E-state index is 13.5. The molecule has 3 rings (SSSR count). The molecule has 1 aromatic rings. The molecule has 2 aliphatic heterocycles. The largest absolute Gasteiger partial charge is 0.508 e. The standard InChI is InChI=1S/C28H41N3O9/c1-28(2,3)40-25(34)18-39-22-8-12-30(13-9-22)26(35)23(16-19-4-6-20(32)7-5-19)29-24(33)17-38-21-10-14-31(15-11-21)27(36)37/h4-7,21-23,32H,8-18H2,1-3H3,(H,29,33)(H,36,37). The maximum Gasteiger partial charge on any atom is 0.407 e. The Labute approximate surface area is 234 Å². The predicted molar refractivity (Wildman–Crippen MR) is 144 cm³/mol. The summed E-state index contributed by atoms with van der Waals surface area (Å²) >= 11 is 0. The van der Waals surface area contributed by atoms with Crippen LogP contribution in [0.15, 0.2) is 24.3 Å². The zero-order chi connectivity index (χ0) is 29.3. The first kappa shape index (κ1) is 31.2. The number of phenolic OH excluding ortho intramolecular Hbond substituents is 1. The first-order valence-corrected chi connectivity index (χ1v) is 13.7. The van der Waals surface area contributed by atoms with Gasteiger partial charge in [-0.25, -0.2) is 9.59 Å². The number of hydrogen-bond acceptors (Lipinski definition) is 8. The van der Waals surface area contributed by atoms with Crippen molar-refractivity contribution in [2.45, 2.75) is 76.7 Å². The third-order valence-electron chi connectivity index (χ3n) is 6.78. The number of nitrogens with zero attached hydrogens (tertiary/aromatic N) is 2. The Morgan fingerprint density at radius 1 is 0.900 bits per heavy atom. The number of likely N-dealkylation sites (tertiary alicyclic amines) is 2. The van der Waals surface area contributed by atoms with Gasteiger partial charge in [-0.05, 0) is 64.2 Å². The molecule has 1 atom stereocenters. The first-order chi connectivity index (χ1) is 18.9. The van der Waals surface area contributed by atoms with E-state index in [-0.39, 0.29) is 43.5 Å². The molecule has 0 radical (unpaired) electrons. The fraction of sp³-hybridized carbons (Fsp3) is 0.643. The van der Waals surface area contributed by atoms with Crippen LogP contribution in [0.4, 0.5) is 4.79 Å². The highest BCUT2D eigenvalue weighted by molar-refractivity contribution is 5.88. The van der Waals surface area contributed by atoms with E-state index in [0.717, 1.165) is 5.56 Å². The summed E-state index contributed by atoms with van der Waals surface area (Å²) in [6.07, 6.45) is 0.956. The quantitative estimate of drug-likeness (QED) is 0.362. The molecule has 12 heteroatoms. The molecule has 0 aromatic heterocycles. The lowest BCUT2D eigenvalue weighted by atomic mass is 10.0.